The highest BCUT2D eigenvalue weighted by molar-refractivity contribution is 5.93. The fourth-order valence-corrected chi connectivity index (χ4v) is 6.00. The van der Waals surface area contributed by atoms with Gasteiger partial charge in [-0.1, -0.05) is 19.9 Å². The van der Waals surface area contributed by atoms with Gasteiger partial charge >= 0.3 is 6.18 Å². The molecule has 2 aliphatic rings. The van der Waals surface area contributed by atoms with E-state index < -0.39 is 11.7 Å². The summed E-state index contributed by atoms with van der Waals surface area (Å²) in [7, 11) is 0. The van der Waals surface area contributed by atoms with Crippen molar-refractivity contribution < 1.29 is 18.3 Å². The fourth-order valence-electron chi connectivity index (χ4n) is 6.00. The number of hydrogen-bond donors (Lipinski definition) is 2. The number of aromatic hydroxyl groups is 1. The Morgan fingerprint density at radius 3 is 2.08 bits per heavy atom. The van der Waals surface area contributed by atoms with Crippen LogP contribution in [-0.4, -0.2) is 46.1 Å². The van der Waals surface area contributed by atoms with E-state index in [1.54, 1.807) is 6.07 Å². The van der Waals surface area contributed by atoms with Crippen LogP contribution in [0.15, 0.2) is 42.6 Å². The molecule has 2 N–H and O–H groups in total. The van der Waals surface area contributed by atoms with Crippen molar-refractivity contribution in [3.63, 3.8) is 0 Å². The largest absolute Gasteiger partial charge is 0.507 e. The molecule has 2 saturated heterocycles. The van der Waals surface area contributed by atoms with Crippen molar-refractivity contribution in [3.8, 4) is 5.75 Å². The highest BCUT2D eigenvalue weighted by atomic mass is 19.4. The Kier molecular flexibility index (Phi) is 7.82. The Balaban J connectivity index is 1.47. The molecule has 2 fully saturated rings. The minimum absolute atomic E-state index is 0.286. The summed E-state index contributed by atoms with van der Waals surface area (Å²) in [5.41, 5.74) is 2.83. The lowest BCUT2D eigenvalue weighted by Gasteiger charge is -2.32. The number of rotatable bonds is 6. The maximum absolute atomic E-state index is 13.2. The molecule has 3 heterocycles. The van der Waals surface area contributed by atoms with Gasteiger partial charge in [-0.25, -0.2) is 0 Å². The van der Waals surface area contributed by atoms with E-state index in [4.69, 9.17) is 0 Å². The van der Waals surface area contributed by atoms with E-state index in [1.165, 1.54) is 25.1 Å². The van der Waals surface area contributed by atoms with Gasteiger partial charge in [-0.3, -0.25) is 14.8 Å². The van der Waals surface area contributed by atoms with E-state index in [1.807, 2.05) is 12.1 Å². The number of fused-ring (bicyclic) bond motifs is 1. The number of halogens is 3. The molecule has 0 aliphatic carbocycles. The van der Waals surface area contributed by atoms with Crippen LogP contribution in [0.5, 0.6) is 5.75 Å². The van der Waals surface area contributed by atoms with Gasteiger partial charge < -0.3 is 10.4 Å². The molecule has 3 aromatic rings. The van der Waals surface area contributed by atoms with Gasteiger partial charge in [-0.05, 0) is 80.9 Å². The quantitative estimate of drug-likeness (QED) is 0.334. The molecule has 1 aromatic heterocycles. The lowest BCUT2D eigenvalue weighted by atomic mass is 9.98. The SMILES string of the molecule is CC1CCCN(Cc2cc(Nc3ccnc4cc(C(F)(F)F)ccc34)cc(CN3CCCC(C)C3)c2O)C1. The average Bonchev–Trinajstić information content (AvgIpc) is 2.86. The van der Waals surface area contributed by atoms with Crippen LogP contribution in [0.3, 0.4) is 0 Å². The summed E-state index contributed by atoms with van der Waals surface area (Å²) in [6, 6.07) is 9.39. The van der Waals surface area contributed by atoms with Gasteiger partial charge in [-0.15, -0.1) is 0 Å². The molecule has 0 amide bonds. The highest BCUT2D eigenvalue weighted by Gasteiger charge is 2.30. The Bertz CT molecular complexity index is 1230. The number of phenolic OH excluding ortho intramolecular Hbond substituents is 1. The number of anilines is 2. The number of nitrogens with zero attached hydrogens (tertiary/aromatic N) is 3. The summed E-state index contributed by atoms with van der Waals surface area (Å²) < 4.78 is 39.7. The first-order valence-corrected chi connectivity index (χ1v) is 13.7. The van der Waals surface area contributed by atoms with Crippen LogP contribution in [0, 0.1) is 11.8 Å². The van der Waals surface area contributed by atoms with Gasteiger partial charge in [-0.2, -0.15) is 13.2 Å². The van der Waals surface area contributed by atoms with Gasteiger partial charge in [0.15, 0.2) is 0 Å². The summed E-state index contributed by atoms with van der Waals surface area (Å²) in [5, 5.41) is 15.4. The second-order valence-corrected chi connectivity index (χ2v) is 11.3. The molecule has 0 bridgehead atoms. The average molecular weight is 527 g/mol. The van der Waals surface area contributed by atoms with E-state index in [-0.39, 0.29) is 5.52 Å². The first-order valence-electron chi connectivity index (χ1n) is 13.7. The van der Waals surface area contributed by atoms with Crippen molar-refractivity contribution >= 4 is 22.3 Å². The standard InChI is InChI=1S/C30H37F3N4O/c1-20-5-3-11-36(16-20)18-22-13-25(14-23(29(22)38)19-37-12-4-6-21(2)17-37)35-27-9-10-34-28-15-24(30(31,32)33)7-8-26(27)28/h7-10,13-15,20-21,38H,3-6,11-12,16-19H2,1-2H3,(H,34,35). The maximum Gasteiger partial charge on any atom is 0.416 e. The summed E-state index contributed by atoms with van der Waals surface area (Å²) in [4.78, 5) is 8.99. The van der Waals surface area contributed by atoms with Crippen LogP contribution in [0.1, 0.15) is 56.2 Å². The zero-order chi connectivity index (χ0) is 26.9. The van der Waals surface area contributed by atoms with Crippen molar-refractivity contribution in [2.24, 2.45) is 11.8 Å². The minimum Gasteiger partial charge on any atom is -0.507 e. The zero-order valence-corrected chi connectivity index (χ0v) is 22.2. The molecular formula is C30H37F3N4O. The van der Waals surface area contributed by atoms with Crippen molar-refractivity contribution in [2.75, 3.05) is 31.5 Å². The Hall–Kier alpha value is -2.84. The molecule has 2 atom stereocenters. The van der Waals surface area contributed by atoms with Gasteiger partial charge in [0, 0.05) is 60.3 Å². The molecule has 0 radical (unpaired) electrons. The Morgan fingerprint density at radius 1 is 0.921 bits per heavy atom. The van der Waals surface area contributed by atoms with Gasteiger partial charge in [0.05, 0.1) is 11.1 Å². The monoisotopic (exact) mass is 526 g/mol. The van der Waals surface area contributed by atoms with E-state index in [0.29, 0.717) is 41.7 Å². The van der Waals surface area contributed by atoms with E-state index in [2.05, 4.69) is 33.9 Å². The van der Waals surface area contributed by atoms with Crippen LogP contribution in [0.25, 0.3) is 10.9 Å². The van der Waals surface area contributed by atoms with Crippen LogP contribution >= 0.6 is 0 Å². The lowest BCUT2D eigenvalue weighted by Crippen LogP contribution is -2.34. The first-order chi connectivity index (χ1) is 18.2. The molecule has 2 aromatic carbocycles. The van der Waals surface area contributed by atoms with Gasteiger partial charge in [0.25, 0.3) is 0 Å². The number of pyridine rings is 1. The molecule has 38 heavy (non-hydrogen) atoms. The summed E-state index contributed by atoms with van der Waals surface area (Å²) in [6.07, 6.45) is 1.87. The van der Waals surface area contributed by atoms with Gasteiger partial charge in [0.1, 0.15) is 5.75 Å². The molecule has 5 nitrogen and oxygen atoms in total. The second-order valence-electron chi connectivity index (χ2n) is 11.3. The van der Waals surface area contributed by atoms with E-state index in [9.17, 15) is 18.3 Å². The normalized spacial score (nSPS) is 21.6. The number of hydrogen-bond acceptors (Lipinski definition) is 5. The third-order valence-electron chi connectivity index (χ3n) is 7.89. The van der Waals surface area contributed by atoms with Crippen molar-refractivity contribution in [2.45, 2.75) is 58.8 Å². The molecule has 204 valence electrons. The van der Waals surface area contributed by atoms with Crippen molar-refractivity contribution in [1.82, 2.24) is 14.8 Å². The molecule has 0 saturated carbocycles. The number of piperidine rings is 2. The number of aromatic nitrogens is 1. The van der Waals surface area contributed by atoms with Crippen LogP contribution in [0.2, 0.25) is 0 Å². The molecule has 2 aliphatic heterocycles. The zero-order valence-electron chi connectivity index (χ0n) is 22.2. The Labute approximate surface area is 222 Å². The topological polar surface area (TPSA) is 51.6 Å². The number of phenols is 1. The van der Waals surface area contributed by atoms with Crippen LogP contribution < -0.4 is 5.32 Å². The van der Waals surface area contributed by atoms with Gasteiger partial charge in [0.2, 0.25) is 0 Å². The Morgan fingerprint density at radius 2 is 1.53 bits per heavy atom. The molecule has 0 spiro atoms. The van der Waals surface area contributed by atoms with Crippen LogP contribution in [0.4, 0.5) is 24.5 Å². The number of nitrogens with one attached hydrogen (secondary N) is 1. The summed E-state index contributed by atoms with van der Waals surface area (Å²) in [6.45, 7) is 9.91. The third kappa shape index (κ3) is 6.24. The highest BCUT2D eigenvalue weighted by Crippen LogP contribution is 2.36. The predicted octanol–water partition coefficient (Wildman–Crippen LogP) is 7.17. The number of likely N-dealkylation sites (tertiary alicyclic amines) is 2. The smallest absolute Gasteiger partial charge is 0.416 e. The second kappa shape index (κ2) is 11.1. The minimum atomic E-state index is -4.42. The fraction of sp³-hybridized carbons (Fsp3) is 0.500. The lowest BCUT2D eigenvalue weighted by molar-refractivity contribution is -0.137. The number of benzene rings is 2. The summed E-state index contributed by atoms with van der Waals surface area (Å²) >= 11 is 0. The summed E-state index contributed by atoms with van der Waals surface area (Å²) in [5.74, 6) is 1.61. The van der Waals surface area contributed by atoms with Crippen LogP contribution in [-0.2, 0) is 19.3 Å². The molecular weight excluding hydrogens is 489 g/mol. The molecule has 2 unspecified atom stereocenters. The van der Waals surface area contributed by atoms with Crippen molar-refractivity contribution in [1.29, 1.82) is 0 Å². The number of alkyl halides is 3. The third-order valence-corrected chi connectivity index (χ3v) is 7.89. The van der Waals surface area contributed by atoms with E-state index >= 15 is 0 Å². The maximum atomic E-state index is 13.2. The molecule has 5 rings (SSSR count). The predicted molar refractivity (Wildman–Crippen MR) is 145 cm³/mol. The first kappa shape index (κ1) is 26.8. The van der Waals surface area contributed by atoms with Crippen molar-refractivity contribution in [3.05, 3.63) is 59.3 Å². The molecule has 8 heteroatoms. The van der Waals surface area contributed by atoms with E-state index in [0.717, 1.165) is 68.0 Å².